The van der Waals surface area contributed by atoms with Crippen molar-refractivity contribution < 1.29 is 28.6 Å². The zero-order valence-electron chi connectivity index (χ0n) is 11.8. The summed E-state index contributed by atoms with van der Waals surface area (Å²) in [7, 11) is 2.89. The monoisotopic (exact) mass is 296 g/mol. The van der Waals surface area contributed by atoms with Crippen LogP contribution >= 0.6 is 0 Å². The van der Waals surface area contributed by atoms with Gasteiger partial charge in [0.15, 0.2) is 17.6 Å². The lowest BCUT2D eigenvalue weighted by Gasteiger charge is -2.13. The van der Waals surface area contributed by atoms with Crippen LogP contribution in [0.3, 0.4) is 0 Å². The number of nitrogens with one attached hydrogen (secondary N) is 1. The van der Waals surface area contributed by atoms with Crippen LogP contribution in [0.4, 0.5) is 4.79 Å². The van der Waals surface area contributed by atoms with E-state index in [1.807, 2.05) is 5.32 Å². The Morgan fingerprint density at radius 2 is 1.76 bits per heavy atom. The molecule has 21 heavy (non-hydrogen) atoms. The zero-order valence-corrected chi connectivity index (χ0v) is 11.8. The molecule has 1 aromatic carbocycles. The van der Waals surface area contributed by atoms with E-state index in [4.69, 9.17) is 19.9 Å². The molecule has 0 radical (unpaired) electrons. The van der Waals surface area contributed by atoms with E-state index in [9.17, 15) is 14.4 Å². The lowest BCUT2D eigenvalue weighted by Crippen LogP contribution is -2.42. The summed E-state index contributed by atoms with van der Waals surface area (Å²) in [6.07, 6.45) is -1.17. The van der Waals surface area contributed by atoms with Crippen molar-refractivity contribution in [3.05, 3.63) is 23.8 Å². The van der Waals surface area contributed by atoms with Crippen molar-refractivity contribution in [3.63, 3.8) is 0 Å². The largest absolute Gasteiger partial charge is 0.493 e. The number of primary amides is 1. The first-order chi connectivity index (χ1) is 9.88. The number of benzene rings is 1. The summed E-state index contributed by atoms with van der Waals surface area (Å²) in [6.45, 7) is 1.32. The molecule has 1 atom stereocenters. The molecule has 0 aliphatic rings. The Balaban J connectivity index is 2.80. The molecule has 0 unspecified atom stereocenters. The first-order valence-electron chi connectivity index (χ1n) is 5.92. The molecule has 0 heterocycles. The number of amides is 3. The van der Waals surface area contributed by atoms with Gasteiger partial charge in [0.25, 0.3) is 5.91 Å². The van der Waals surface area contributed by atoms with Gasteiger partial charge in [-0.15, -0.1) is 0 Å². The third kappa shape index (κ3) is 4.37. The van der Waals surface area contributed by atoms with Gasteiger partial charge in [0.2, 0.25) is 0 Å². The molecular weight excluding hydrogens is 280 g/mol. The van der Waals surface area contributed by atoms with Crippen LogP contribution in [0.15, 0.2) is 18.2 Å². The van der Waals surface area contributed by atoms with Crippen LogP contribution in [0.5, 0.6) is 11.5 Å². The number of esters is 1. The third-order valence-corrected chi connectivity index (χ3v) is 2.52. The Bertz CT molecular complexity index is 558. The Hall–Kier alpha value is -2.77. The van der Waals surface area contributed by atoms with E-state index in [-0.39, 0.29) is 5.56 Å². The Labute approximate surface area is 121 Å². The van der Waals surface area contributed by atoms with E-state index < -0.39 is 24.0 Å². The van der Waals surface area contributed by atoms with Gasteiger partial charge in [-0.2, -0.15) is 0 Å². The Morgan fingerprint density at radius 3 is 2.29 bits per heavy atom. The molecule has 0 saturated carbocycles. The standard InChI is InChI=1S/C13H16N2O6/c1-7(11(16)15-13(14)18)21-12(17)8-4-5-9(19-2)10(6-8)20-3/h4-7H,1-3H3,(H3,14,15,16,18)/t7-/m0/s1. The van der Waals surface area contributed by atoms with Crippen LogP contribution in [-0.2, 0) is 9.53 Å². The predicted octanol–water partition coefficient (Wildman–Crippen LogP) is 0.444. The van der Waals surface area contributed by atoms with Crippen molar-refractivity contribution in [1.82, 2.24) is 5.32 Å². The highest BCUT2D eigenvalue weighted by atomic mass is 16.5. The molecule has 8 heteroatoms. The number of methoxy groups -OCH3 is 2. The summed E-state index contributed by atoms with van der Waals surface area (Å²) in [5.74, 6) is -0.755. The molecular formula is C13H16N2O6. The van der Waals surface area contributed by atoms with Gasteiger partial charge in [0.05, 0.1) is 19.8 Å². The first kappa shape index (κ1) is 16.3. The van der Waals surface area contributed by atoms with Crippen molar-refractivity contribution in [1.29, 1.82) is 0 Å². The molecule has 3 N–H and O–H groups in total. The van der Waals surface area contributed by atoms with Crippen molar-refractivity contribution >= 4 is 17.9 Å². The second-order valence-corrected chi connectivity index (χ2v) is 3.97. The minimum Gasteiger partial charge on any atom is -0.493 e. The van der Waals surface area contributed by atoms with Gasteiger partial charge in [-0.05, 0) is 25.1 Å². The maximum atomic E-state index is 11.9. The predicted molar refractivity (Wildman–Crippen MR) is 72.1 cm³/mol. The van der Waals surface area contributed by atoms with E-state index >= 15 is 0 Å². The van der Waals surface area contributed by atoms with Gasteiger partial charge in [-0.1, -0.05) is 0 Å². The van der Waals surface area contributed by atoms with E-state index in [2.05, 4.69) is 0 Å². The van der Waals surface area contributed by atoms with Crippen molar-refractivity contribution in [2.45, 2.75) is 13.0 Å². The topological polar surface area (TPSA) is 117 Å². The molecule has 0 bridgehead atoms. The minimum absolute atomic E-state index is 0.173. The van der Waals surface area contributed by atoms with Gasteiger partial charge >= 0.3 is 12.0 Å². The first-order valence-corrected chi connectivity index (χ1v) is 5.92. The summed E-state index contributed by atoms with van der Waals surface area (Å²) >= 11 is 0. The molecule has 1 aromatic rings. The molecule has 0 aliphatic carbocycles. The van der Waals surface area contributed by atoms with Gasteiger partial charge < -0.3 is 19.9 Å². The fourth-order valence-electron chi connectivity index (χ4n) is 1.47. The molecule has 0 aromatic heterocycles. The lowest BCUT2D eigenvalue weighted by atomic mass is 10.2. The summed E-state index contributed by atoms with van der Waals surface area (Å²) in [6, 6.07) is 3.39. The molecule has 0 spiro atoms. The normalized spacial score (nSPS) is 11.2. The van der Waals surface area contributed by atoms with Gasteiger partial charge in [0.1, 0.15) is 0 Å². The average Bonchev–Trinajstić information content (AvgIpc) is 2.45. The van der Waals surface area contributed by atoms with Gasteiger partial charge in [0, 0.05) is 0 Å². The van der Waals surface area contributed by atoms with Crippen LogP contribution in [0, 0.1) is 0 Å². The summed E-state index contributed by atoms with van der Waals surface area (Å²) in [4.78, 5) is 33.9. The maximum absolute atomic E-state index is 11.9. The van der Waals surface area contributed by atoms with Crippen LogP contribution in [0.1, 0.15) is 17.3 Å². The maximum Gasteiger partial charge on any atom is 0.339 e. The highest BCUT2D eigenvalue weighted by molar-refractivity contribution is 5.98. The number of rotatable bonds is 5. The van der Waals surface area contributed by atoms with Crippen molar-refractivity contribution in [2.24, 2.45) is 5.73 Å². The molecule has 3 amide bonds. The molecule has 0 fully saturated rings. The number of carbonyl (C=O) groups is 3. The Kier molecular flexibility index (Phi) is 5.53. The molecule has 114 valence electrons. The number of carbonyl (C=O) groups excluding carboxylic acids is 3. The fourth-order valence-corrected chi connectivity index (χ4v) is 1.47. The third-order valence-electron chi connectivity index (χ3n) is 2.52. The second-order valence-electron chi connectivity index (χ2n) is 3.97. The molecule has 8 nitrogen and oxygen atoms in total. The van der Waals surface area contributed by atoms with Crippen LogP contribution < -0.4 is 20.5 Å². The van der Waals surface area contributed by atoms with Crippen molar-refractivity contribution in [3.8, 4) is 11.5 Å². The van der Waals surface area contributed by atoms with Crippen LogP contribution in [0.2, 0.25) is 0 Å². The van der Waals surface area contributed by atoms with Gasteiger partial charge in [-0.25, -0.2) is 9.59 Å². The lowest BCUT2D eigenvalue weighted by molar-refractivity contribution is -0.127. The number of hydrogen-bond acceptors (Lipinski definition) is 6. The van der Waals surface area contributed by atoms with Crippen LogP contribution in [0.25, 0.3) is 0 Å². The van der Waals surface area contributed by atoms with Gasteiger partial charge in [-0.3, -0.25) is 10.1 Å². The average molecular weight is 296 g/mol. The fraction of sp³-hybridized carbons (Fsp3) is 0.308. The van der Waals surface area contributed by atoms with E-state index in [0.29, 0.717) is 11.5 Å². The minimum atomic E-state index is -1.17. The highest BCUT2D eigenvalue weighted by Crippen LogP contribution is 2.27. The molecule has 0 aliphatic heterocycles. The summed E-state index contributed by atoms with van der Waals surface area (Å²) in [5.41, 5.74) is 4.97. The molecule has 1 rings (SSSR count). The van der Waals surface area contributed by atoms with E-state index in [1.54, 1.807) is 0 Å². The Morgan fingerprint density at radius 1 is 1.14 bits per heavy atom. The van der Waals surface area contributed by atoms with Crippen molar-refractivity contribution in [2.75, 3.05) is 14.2 Å². The van der Waals surface area contributed by atoms with Crippen LogP contribution in [-0.4, -0.2) is 38.2 Å². The number of ether oxygens (including phenoxy) is 3. The quantitative estimate of drug-likeness (QED) is 0.762. The second kappa shape index (κ2) is 7.13. The van der Waals surface area contributed by atoms with E-state index in [1.165, 1.54) is 39.3 Å². The number of urea groups is 1. The smallest absolute Gasteiger partial charge is 0.339 e. The SMILES string of the molecule is COc1ccc(C(=O)O[C@@H](C)C(=O)NC(N)=O)cc1OC. The number of hydrogen-bond donors (Lipinski definition) is 2. The summed E-state index contributed by atoms with van der Waals surface area (Å²) < 4.78 is 15.0. The number of nitrogens with two attached hydrogens (primary N) is 1. The summed E-state index contributed by atoms with van der Waals surface area (Å²) in [5, 5.41) is 1.82. The zero-order chi connectivity index (χ0) is 16.0. The van der Waals surface area contributed by atoms with E-state index in [0.717, 1.165) is 0 Å². The number of imide groups is 1. The molecule has 0 saturated heterocycles. The highest BCUT2D eigenvalue weighted by Gasteiger charge is 2.20.